The second kappa shape index (κ2) is 5.21. The van der Waals surface area contributed by atoms with Crippen LogP contribution in [0.2, 0.25) is 0 Å². The van der Waals surface area contributed by atoms with E-state index in [1.165, 1.54) is 0 Å². The Morgan fingerprint density at radius 3 is 2.65 bits per heavy atom. The summed E-state index contributed by atoms with van der Waals surface area (Å²) in [5, 5.41) is 1.06. The van der Waals surface area contributed by atoms with Crippen molar-refractivity contribution in [3.63, 3.8) is 0 Å². The van der Waals surface area contributed by atoms with Gasteiger partial charge in [0.1, 0.15) is 0 Å². The second-order valence-corrected chi connectivity index (χ2v) is 4.66. The lowest BCUT2D eigenvalue weighted by molar-refractivity contribution is 0.0988. The number of aromatic amines is 1. The largest absolute Gasteiger partial charge is 0.361 e. The van der Waals surface area contributed by atoms with Gasteiger partial charge in [-0.2, -0.15) is 0 Å². The first-order valence-electron chi connectivity index (χ1n) is 6.73. The summed E-state index contributed by atoms with van der Waals surface area (Å²) < 4.78 is 0. The Bertz CT molecular complexity index is 731. The number of carbonyl (C=O) groups is 1. The summed E-state index contributed by atoms with van der Waals surface area (Å²) >= 11 is 0. The van der Waals surface area contributed by atoms with Crippen LogP contribution in [-0.2, 0) is 0 Å². The summed E-state index contributed by atoms with van der Waals surface area (Å²) in [6, 6.07) is 17.5. The minimum absolute atomic E-state index is 0.0294. The number of nitrogens with zero attached hydrogens (tertiary/aromatic N) is 1. The molecule has 1 amide bonds. The molecule has 0 bridgehead atoms. The highest BCUT2D eigenvalue weighted by molar-refractivity contribution is 6.07. The number of nitrogens with one attached hydrogen (secondary N) is 1. The molecular weight excluding hydrogens is 248 g/mol. The second-order valence-electron chi connectivity index (χ2n) is 4.66. The fourth-order valence-corrected chi connectivity index (χ4v) is 2.39. The number of aromatic nitrogens is 1. The van der Waals surface area contributed by atoms with Crippen molar-refractivity contribution in [3.05, 3.63) is 66.4 Å². The summed E-state index contributed by atoms with van der Waals surface area (Å²) in [4.78, 5) is 17.6. The zero-order chi connectivity index (χ0) is 13.9. The zero-order valence-corrected chi connectivity index (χ0v) is 11.3. The number of anilines is 1. The van der Waals surface area contributed by atoms with Crippen molar-refractivity contribution in [2.24, 2.45) is 0 Å². The van der Waals surface area contributed by atoms with Gasteiger partial charge >= 0.3 is 0 Å². The number of amides is 1. The van der Waals surface area contributed by atoms with Crippen molar-refractivity contribution < 1.29 is 4.79 Å². The average Bonchev–Trinajstić information content (AvgIpc) is 2.96. The Hall–Kier alpha value is -2.55. The van der Waals surface area contributed by atoms with E-state index >= 15 is 0 Å². The summed E-state index contributed by atoms with van der Waals surface area (Å²) in [6.07, 6.45) is 1.88. The first-order chi connectivity index (χ1) is 9.79. The van der Waals surface area contributed by atoms with E-state index in [1.54, 1.807) is 4.90 Å². The molecule has 1 N–H and O–H groups in total. The Kier molecular flexibility index (Phi) is 3.25. The van der Waals surface area contributed by atoms with Gasteiger partial charge in [0.05, 0.1) is 0 Å². The van der Waals surface area contributed by atoms with Crippen molar-refractivity contribution >= 4 is 22.5 Å². The zero-order valence-electron chi connectivity index (χ0n) is 11.3. The minimum atomic E-state index is 0.0294. The summed E-state index contributed by atoms with van der Waals surface area (Å²) in [5.74, 6) is 0.0294. The third kappa shape index (κ3) is 2.18. The van der Waals surface area contributed by atoms with Crippen LogP contribution < -0.4 is 4.90 Å². The molecule has 3 aromatic rings. The van der Waals surface area contributed by atoms with E-state index in [0.29, 0.717) is 12.1 Å². The van der Waals surface area contributed by atoms with Crippen LogP contribution >= 0.6 is 0 Å². The van der Waals surface area contributed by atoms with Crippen molar-refractivity contribution in [1.29, 1.82) is 0 Å². The number of para-hydroxylation sites is 1. The van der Waals surface area contributed by atoms with Crippen LogP contribution in [0.15, 0.2) is 60.8 Å². The molecule has 100 valence electrons. The first kappa shape index (κ1) is 12.5. The lowest BCUT2D eigenvalue weighted by atomic mass is 10.1. The molecule has 0 radical (unpaired) electrons. The molecule has 3 heteroatoms. The highest BCUT2D eigenvalue weighted by atomic mass is 16.2. The molecular formula is C17H16N2O. The van der Waals surface area contributed by atoms with Gasteiger partial charge in [-0.25, -0.2) is 0 Å². The summed E-state index contributed by atoms with van der Waals surface area (Å²) in [6.45, 7) is 2.63. The smallest absolute Gasteiger partial charge is 0.258 e. The van der Waals surface area contributed by atoms with E-state index in [9.17, 15) is 4.79 Å². The number of fused-ring (bicyclic) bond motifs is 1. The summed E-state index contributed by atoms with van der Waals surface area (Å²) in [7, 11) is 0. The molecule has 0 aliphatic carbocycles. The van der Waals surface area contributed by atoms with Gasteiger partial charge in [0, 0.05) is 34.9 Å². The Labute approximate surface area is 117 Å². The van der Waals surface area contributed by atoms with Crippen LogP contribution in [0.1, 0.15) is 17.3 Å². The molecule has 3 nitrogen and oxygen atoms in total. The highest BCUT2D eigenvalue weighted by Crippen LogP contribution is 2.19. The Balaban J connectivity index is 1.97. The maximum Gasteiger partial charge on any atom is 0.258 e. The van der Waals surface area contributed by atoms with Gasteiger partial charge in [-0.15, -0.1) is 0 Å². The van der Waals surface area contributed by atoms with E-state index in [-0.39, 0.29) is 5.91 Å². The SMILES string of the molecule is CCN(C(=O)c1ccc2[nH]ccc2c1)c1ccccc1. The minimum Gasteiger partial charge on any atom is -0.361 e. The van der Waals surface area contributed by atoms with E-state index in [1.807, 2.05) is 67.7 Å². The normalized spacial score (nSPS) is 10.7. The Morgan fingerprint density at radius 1 is 1.10 bits per heavy atom. The lowest BCUT2D eigenvalue weighted by Gasteiger charge is -2.21. The number of carbonyl (C=O) groups excluding carboxylic acids is 1. The van der Waals surface area contributed by atoms with Gasteiger partial charge in [-0.05, 0) is 43.3 Å². The van der Waals surface area contributed by atoms with Gasteiger partial charge in [0.15, 0.2) is 0 Å². The average molecular weight is 264 g/mol. The molecule has 0 spiro atoms. The van der Waals surface area contributed by atoms with Crippen LogP contribution in [0, 0.1) is 0 Å². The quantitative estimate of drug-likeness (QED) is 0.766. The molecule has 0 unspecified atom stereocenters. The molecule has 20 heavy (non-hydrogen) atoms. The maximum atomic E-state index is 12.7. The number of hydrogen-bond acceptors (Lipinski definition) is 1. The molecule has 0 atom stereocenters. The molecule has 0 saturated heterocycles. The maximum absolute atomic E-state index is 12.7. The fraction of sp³-hybridized carbons (Fsp3) is 0.118. The lowest BCUT2D eigenvalue weighted by Crippen LogP contribution is -2.30. The van der Waals surface area contributed by atoms with E-state index < -0.39 is 0 Å². The van der Waals surface area contributed by atoms with Crippen LogP contribution in [0.4, 0.5) is 5.69 Å². The number of rotatable bonds is 3. The number of H-pyrrole nitrogens is 1. The standard InChI is InChI=1S/C17H16N2O/c1-2-19(15-6-4-3-5-7-15)17(20)14-8-9-16-13(12-14)10-11-18-16/h3-12,18H,2H2,1H3. The van der Waals surface area contributed by atoms with E-state index in [4.69, 9.17) is 0 Å². The van der Waals surface area contributed by atoms with Gasteiger partial charge in [-0.1, -0.05) is 18.2 Å². The van der Waals surface area contributed by atoms with Crippen LogP contribution in [0.3, 0.4) is 0 Å². The van der Waals surface area contributed by atoms with Crippen molar-refractivity contribution in [3.8, 4) is 0 Å². The molecule has 3 rings (SSSR count). The molecule has 0 aliphatic heterocycles. The van der Waals surface area contributed by atoms with E-state index in [2.05, 4.69) is 4.98 Å². The topological polar surface area (TPSA) is 36.1 Å². The van der Waals surface area contributed by atoms with Crippen molar-refractivity contribution in [2.45, 2.75) is 6.92 Å². The van der Waals surface area contributed by atoms with Crippen LogP contribution in [-0.4, -0.2) is 17.4 Å². The van der Waals surface area contributed by atoms with Gasteiger partial charge in [0.2, 0.25) is 0 Å². The molecule has 1 aromatic heterocycles. The number of benzene rings is 2. The van der Waals surface area contributed by atoms with Crippen LogP contribution in [0.25, 0.3) is 10.9 Å². The van der Waals surface area contributed by atoms with Crippen molar-refractivity contribution in [2.75, 3.05) is 11.4 Å². The third-order valence-corrected chi connectivity index (χ3v) is 3.43. The van der Waals surface area contributed by atoms with Crippen LogP contribution in [0.5, 0.6) is 0 Å². The van der Waals surface area contributed by atoms with Crippen molar-refractivity contribution in [1.82, 2.24) is 4.98 Å². The first-order valence-corrected chi connectivity index (χ1v) is 6.73. The van der Waals surface area contributed by atoms with Gasteiger partial charge in [-0.3, -0.25) is 4.79 Å². The fourth-order valence-electron chi connectivity index (χ4n) is 2.39. The highest BCUT2D eigenvalue weighted by Gasteiger charge is 2.16. The van der Waals surface area contributed by atoms with Gasteiger partial charge < -0.3 is 9.88 Å². The molecule has 1 heterocycles. The third-order valence-electron chi connectivity index (χ3n) is 3.43. The van der Waals surface area contributed by atoms with Gasteiger partial charge in [0.25, 0.3) is 5.91 Å². The molecule has 0 saturated carbocycles. The predicted molar refractivity (Wildman–Crippen MR) is 82.1 cm³/mol. The molecule has 2 aromatic carbocycles. The van der Waals surface area contributed by atoms with E-state index in [0.717, 1.165) is 16.6 Å². The molecule has 0 aliphatic rings. The summed E-state index contributed by atoms with van der Waals surface area (Å²) in [5.41, 5.74) is 2.68. The molecule has 0 fully saturated rings. The Morgan fingerprint density at radius 2 is 1.90 bits per heavy atom. The predicted octanol–water partition coefficient (Wildman–Crippen LogP) is 3.83. The number of hydrogen-bond donors (Lipinski definition) is 1. The monoisotopic (exact) mass is 264 g/mol.